The highest BCUT2D eigenvalue weighted by atomic mass is 19.3. The normalized spacial score (nSPS) is 13.7. The van der Waals surface area contributed by atoms with Crippen LogP contribution in [0.25, 0.3) is 0 Å². The van der Waals surface area contributed by atoms with Crippen molar-refractivity contribution in [2.24, 2.45) is 0 Å². The quantitative estimate of drug-likeness (QED) is 0.279. The maximum atomic E-state index is 13.8. The van der Waals surface area contributed by atoms with Gasteiger partial charge in [0.1, 0.15) is 0 Å². The first-order chi connectivity index (χ1) is 9.99. The van der Waals surface area contributed by atoms with Crippen LogP contribution in [0.15, 0.2) is 48.6 Å². The van der Waals surface area contributed by atoms with E-state index in [0.29, 0.717) is 6.92 Å². The van der Waals surface area contributed by atoms with Crippen molar-refractivity contribution >= 4 is 0 Å². The Morgan fingerprint density at radius 1 is 0.652 bits per heavy atom. The van der Waals surface area contributed by atoms with Crippen LogP contribution in [0.1, 0.15) is 20.3 Å². The highest BCUT2D eigenvalue weighted by Crippen LogP contribution is 2.52. The van der Waals surface area contributed by atoms with Gasteiger partial charge in [-0.05, 0) is 24.5 Å². The summed E-state index contributed by atoms with van der Waals surface area (Å²) < 4.78 is 109. The summed E-state index contributed by atoms with van der Waals surface area (Å²) >= 11 is 0. The van der Waals surface area contributed by atoms with Gasteiger partial charge in [-0.15, -0.1) is 0 Å². The van der Waals surface area contributed by atoms with Crippen LogP contribution in [0, 0.1) is 0 Å². The zero-order valence-electron chi connectivity index (χ0n) is 12.6. The van der Waals surface area contributed by atoms with Crippen molar-refractivity contribution in [3.05, 3.63) is 48.6 Å². The predicted octanol–water partition coefficient (Wildman–Crippen LogP) is 6.18. The van der Waals surface area contributed by atoms with E-state index in [1.807, 2.05) is 0 Å². The fourth-order valence-corrected chi connectivity index (χ4v) is 1.47. The van der Waals surface area contributed by atoms with E-state index in [1.54, 1.807) is 0 Å². The molecule has 0 aromatic carbocycles. The lowest BCUT2D eigenvalue weighted by atomic mass is 9.87. The lowest BCUT2D eigenvalue weighted by Gasteiger charge is -2.34. The molecule has 0 aromatic rings. The smallest absolute Gasteiger partial charge is 0.194 e. The van der Waals surface area contributed by atoms with Crippen molar-refractivity contribution in [1.82, 2.24) is 0 Å². The van der Waals surface area contributed by atoms with Crippen LogP contribution in [-0.2, 0) is 0 Å². The van der Waals surface area contributed by atoms with Crippen LogP contribution in [0.4, 0.5) is 35.1 Å². The molecule has 0 aliphatic carbocycles. The molecule has 23 heavy (non-hydrogen) atoms. The second kappa shape index (κ2) is 6.13. The van der Waals surface area contributed by atoms with E-state index in [0.717, 1.165) is 6.92 Å². The Balaban J connectivity index is 5.92. The van der Waals surface area contributed by atoms with E-state index in [4.69, 9.17) is 0 Å². The first-order valence-corrected chi connectivity index (χ1v) is 6.24. The summed E-state index contributed by atoms with van der Waals surface area (Å²) in [5.41, 5.74) is -6.99. The number of rotatable bonds is 8. The van der Waals surface area contributed by atoms with Gasteiger partial charge in [-0.3, -0.25) is 0 Å². The molecule has 0 saturated carbocycles. The third-order valence-corrected chi connectivity index (χ3v) is 3.32. The average Bonchev–Trinajstić information content (AvgIpc) is 2.43. The van der Waals surface area contributed by atoms with Crippen LogP contribution < -0.4 is 0 Å². The Morgan fingerprint density at radius 3 is 1.22 bits per heavy atom. The van der Waals surface area contributed by atoms with Crippen molar-refractivity contribution in [3.63, 3.8) is 0 Å². The van der Waals surface area contributed by atoms with Crippen LogP contribution in [0.3, 0.4) is 0 Å². The Morgan fingerprint density at radius 2 is 0.957 bits per heavy atom. The molecule has 0 heterocycles. The number of halogens is 8. The van der Waals surface area contributed by atoms with Crippen LogP contribution in [-0.4, -0.2) is 23.7 Å². The summed E-state index contributed by atoms with van der Waals surface area (Å²) in [7, 11) is 0. The molecule has 0 atom stereocenters. The summed E-state index contributed by atoms with van der Waals surface area (Å²) in [6.45, 7) is 11.9. The SMILES string of the molecule is C=C(C)C(F)(F)C(F)(F)C(=C)C(=C)C(F)(F)C(F)(F)C(=C)CC. The van der Waals surface area contributed by atoms with Crippen LogP contribution in [0.5, 0.6) is 0 Å². The highest BCUT2D eigenvalue weighted by Gasteiger charge is 2.65. The van der Waals surface area contributed by atoms with Crippen molar-refractivity contribution in [3.8, 4) is 0 Å². The summed E-state index contributed by atoms with van der Waals surface area (Å²) in [5, 5.41) is 0. The van der Waals surface area contributed by atoms with Gasteiger partial charge >= 0.3 is 23.7 Å². The Labute approximate surface area is 128 Å². The van der Waals surface area contributed by atoms with E-state index in [9.17, 15) is 35.1 Å². The molecule has 0 rings (SSSR count). The Hall–Kier alpha value is -1.60. The summed E-state index contributed by atoms with van der Waals surface area (Å²) in [5.74, 6) is -20.4. The van der Waals surface area contributed by atoms with E-state index < -0.39 is 52.4 Å². The fourth-order valence-electron chi connectivity index (χ4n) is 1.47. The third-order valence-electron chi connectivity index (χ3n) is 3.32. The van der Waals surface area contributed by atoms with Gasteiger partial charge in [0.25, 0.3) is 0 Å². The largest absolute Gasteiger partial charge is 0.339 e. The van der Waals surface area contributed by atoms with Crippen LogP contribution in [0.2, 0.25) is 0 Å². The van der Waals surface area contributed by atoms with Crippen molar-refractivity contribution < 1.29 is 35.1 Å². The molecule has 0 spiro atoms. The molecule has 132 valence electrons. The van der Waals surface area contributed by atoms with Gasteiger partial charge < -0.3 is 0 Å². The van der Waals surface area contributed by atoms with Crippen molar-refractivity contribution in [2.75, 3.05) is 0 Å². The Kier molecular flexibility index (Phi) is 5.70. The van der Waals surface area contributed by atoms with Gasteiger partial charge in [0, 0.05) is 11.1 Å². The molecular formula is C15H16F8. The molecule has 0 radical (unpaired) electrons. The van der Waals surface area contributed by atoms with Gasteiger partial charge in [0.15, 0.2) is 0 Å². The molecule has 0 aliphatic rings. The molecule has 0 fully saturated rings. The minimum atomic E-state index is -5.26. The van der Waals surface area contributed by atoms with E-state index >= 15 is 0 Å². The average molecular weight is 348 g/mol. The van der Waals surface area contributed by atoms with Crippen LogP contribution >= 0.6 is 0 Å². The van der Waals surface area contributed by atoms with E-state index in [2.05, 4.69) is 26.3 Å². The topological polar surface area (TPSA) is 0 Å². The zero-order chi connectivity index (χ0) is 19.0. The van der Waals surface area contributed by atoms with Gasteiger partial charge in [0.05, 0.1) is 0 Å². The minimum Gasteiger partial charge on any atom is -0.194 e. The molecule has 0 nitrogen and oxygen atoms in total. The maximum Gasteiger partial charge on any atom is 0.339 e. The Bertz CT molecular complexity index is 540. The zero-order valence-corrected chi connectivity index (χ0v) is 12.6. The standard InChI is InChI=1S/C15H16F8/c1-7-9(4)13(18,19)15(22,23)11(6)10(5)14(20,21)12(16,17)8(2)3/h2,4-7H2,1,3H3. The molecule has 0 unspecified atom stereocenters. The molecule has 0 aliphatic heterocycles. The molecule has 0 amide bonds. The van der Waals surface area contributed by atoms with E-state index in [-0.39, 0.29) is 0 Å². The molecule has 0 aromatic heterocycles. The minimum absolute atomic E-state index is 0.537. The summed E-state index contributed by atoms with van der Waals surface area (Å²) in [4.78, 5) is 0. The second-order valence-electron chi connectivity index (χ2n) is 4.99. The molecular weight excluding hydrogens is 332 g/mol. The molecule has 0 saturated heterocycles. The van der Waals surface area contributed by atoms with E-state index in [1.165, 1.54) is 0 Å². The predicted molar refractivity (Wildman–Crippen MR) is 72.3 cm³/mol. The van der Waals surface area contributed by atoms with Gasteiger partial charge in [0.2, 0.25) is 0 Å². The number of hydrogen-bond acceptors (Lipinski definition) is 0. The monoisotopic (exact) mass is 348 g/mol. The lowest BCUT2D eigenvalue weighted by Crippen LogP contribution is -2.49. The first kappa shape index (κ1) is 21.4. The second-order valence-corrected chi connectivity index (χ2v) is 4.99. The van der Waals surface area contributed by atoms with Gasteiger partial charge in [-0.2, -0.15) is 35.1 Å². The fraction of sp³-hybridized carbons (Fsp3) is 0.467. The number of hydrogen-bond donors (Lipinski definition) is 0. The number of alkyl halides is 8. The molecule has 0 bridgehead atoms. The van der Waals surface area contributed by atoms with Gasteiger partial charge in [-0.1, -0.05) is 33.2 Å². The summed E-state index contributed by atoms with van der Waals surface area (Å²) in [6, 6.07) is 0. The summed E-state index contributed by atoms with van der Waals surface area (Å²) in [6.07, 6.45) is -0.583. The van der Waals surface area contributed by atoms with Crippen molar-refractivity contribution in [2.45, 2.75) is 44.0 Å². The molecule has 0 N–H and O–H groups in total. The maximum absolute atomic E-state index is 13.8. The van der Waals surface area contributed by atoms with Gasteiger partial charge in [-0.25, -0.2) is 0 Å². The van der Waals surface area contributed by atoms with Crippen molar-refractivity contribution in [1.29, 1.82) is 0 Å². The number of allylic oxidation sites excluding steroid dienone is 4. The first-order valence-electron chi connectivity index (χ1n) is 6.24. The third kappa shape index (κ3) is 3.21. The highest BCUT2D eigenvalue weighted by molar-refractivity contribution is 5.43. The molecule has 8 heteroatoms. The lowest BCUT2D eigenvalue weighted by molar-refractivity contribution is -0.177.